The molecule has 0 aromatic carbocycles. The lowest BCUT2D eigenvalue weighted by molar-refractivity contribution is 0.331. The Morgan fingerprint density at radius 3 is 2.64 bits per heavy atom. The van der Waals surface area contributed by atoms with Crippen LogP contribution in [0.15, 0.2) is 6.07 Å². The molecule has 14 heavy (non-hydrogen) atoms. The molecular formula is C12H19NS. The molecule has 1 atom stereocenters. The van der Waals surface area contributed by atoms with Gasteiger partial charge >= 0.3 is 0 Å². The van der Waals surface area contributed by atoms with Crippen LogP contribution in [0.3, 0.4) is 0 Å². The lowest BCUT2D eigenvalue weighted by Crippen LogP contribution is -2.25. The molecule has 2 heteroatoms. The molecule has 1 heterocycles. The van der Waals surface area contributed by atoms with Crippen LogP contribution in [0, 0.1) is 5.41 Å². The van der Waals surface area contributed by atoms with Crippen LogP contribution < -0.4 is 5.73 Å². The van der Waals surface area contributed by atoms with E-state index in [0.717, 1.165) is 0 Å². The molecule has 0 saturated heterocycles. The predicted octanol–water partition coefficient (Wildman–Crippen LogP) is 3.28. The molecule has 0 fully saturated rings. The Bertz CT molecular complexity index is 311. The normalized spacial score (nSPS) is 18.3. The van der Waals surface area contributed by atoms with E-state index in [1.807, 2.05) is 11.3 Å². The van der Waals surface area contributed by atoms with Gasteiger partial charge in [0.25, 0.3) is 0 Å². The highest BCUT2D eigenvalue weighted by Crippen LogP contribution is 2.38. The summed E-state index contributed by atoms with van der Waals surface area (Å²) in [6.45, 7) is 6.63. The molecule has 2 N–H and O–H groups in total. The van der Waals surface area contributed by atoms with Gasteiger partial charge in [-0.15, -0.1) is 11.3 Å². The Balaban J connectivity index is 2.25. The summed E-state index contributed by atoms with van der Waals surface area (Å²) in [7, 11) is 0. The lowest BCUT2D eigenvalue weighted by Gasteiger charge is -2.26. The van der Waals surface area contributed by atoms with Gasteiger partial charge < -0.3 is 5.73 Å². The number of hydrogen-bond acceptors (Lipinski definition) is 2. The number of aryl methyl sites for hydroxylation is 2. The van der Waals surface area contributed by atoms with Crippen LogP contribution in [0.1, 0.15) is 48.6 Å². The quantitative estimate of drug-likeness (QED) is 0.754. The van der Waals surface area contributed by atoms with E-state index < -0.39 is 0 Å². The molecule has 0 aliphatic heterocycles. The van der Waals surface area contributed by atoms with Gasteiger partial charge in [0.05, 0.1) is 0 Å². The zero-order valence-corrected chi connectivity index (χ0v) is 10.1. The fourth-order valence-electron chi connectivity index (χ4n) is 1.93. The van der Waals surface area contributed by atoms with Gasteiger partial charge in [0.2, 0.25) is 0 Å². The van der Waals surface area contributed by atoms with Gasteiger partial charge in [0.1, 0.15) is 0 Å². The van der Waals surface area contributed by atoms with E-state index in [2.05, 4.69) is 26.8 Å². The first kappa shape index (κ1) is 10.2. The highest BCUT2D eigenvalue weighted by molar-refractivity contribution is 7.12. The Labute approximate surface area is 90.3 Å². The summed E-state index contributed by atoms with van der Waals surface area (Å²) in [5.74, 6) is 0. The van der Waals surface area contributed by atoms with Crippen molar-refractivity contribution in [2.75, 3.05) is 0 Å². The molecule has 1 unspecified atom stereocenters. The topological polar surface area (TPSA) is 26.0 Å². The minimum Gasteiger partial charge on any atom is -0.323 e. The predicted molar refractivity (Wildman–Crippen MR) is 62.7 cm³/mol. The average Bonchev–Trinajstić information content (AvgIpc) is 2.58. The molecule has 0 amide bonds. The van der Waals surface area contributed by atoms with E-state index in [1.54, 1.807) is 10.4 Å². The Hall–Kier alpha value is -0.340. The molecule has 0 bridgehead atoms. The molecule has 0 radical (unpaired) electrons. The average molecular weight is 209 g/mol. The van der Waals surface area contributed by atoms with Gasteiger partial charge in [-0.3, -0.25) is 0 Å². The van der Waals surface area contributed by atoms with Crippen LogP contribution in [0.5, 0.6) is 0 Å². The van der Waals surface area contributed by atoms with Crippen molar-refractivity contribution in [3.05, 3.63) is 21.4 Å². The van der Waals surface area contributed by atoms with Crippen molar-refractivity contribution in [1.29, 1.82) is 0 Å². The Kier molecular flexibility index (Phi) is 2.44. The van der Waals surface area contributed by atoms with Gasteiger partial charge in [0.15, 0.2) is 0 Å². The maximum Gasteiger partial charge on any atom is 0.0439 e. The van der Waals surface area contributed by atoms with Crippen molar-refractivity contribution in [3.63, 3.8) is 0 Å². The maximum absolute atomic E-state index is 6.24. The van der Waals surface area contributed by atoms with Gasteiger partial charge in [-0.2, -0.15) is 0 Å². The van der Waals surface area contributed by atoms with E-state index in [0.29, 0.717) is 0 Å². The van der Waals surface area contributed by atoms with Crippen molar-refractivity contribution in [2.24, 2.45) is 11.1 Å². The SMILES string of the molecule is CC(C)(C)C(N)c1cc2c(s1)CCC2. The van der Waals surface area contributed by atoms with Crippen LogP contribution in [0.2, 0.25) is 0 Å². The lowest BCUT2D eigenvalue weighted by atomic mass is 9.86. The first-order valence-electron chi connectivity index (χ1n) is 5.35. The molecule has 1 aromatic rings. The van der Waals surface area contributed by atoms with Gasteiger partial charge in [-0.1, -0.05) is 20.8 Å². The van der Waals surface area contributed by atoms with Gasteiger partial charge in [-0.05, 0) is 36.3 Å². The first-order valence-corrected chi connectivity index (χ1v) is 6.17. The summed E-state index contributed by atoms with van der Waals surface area (Å²) in [5, 5.41) is 0. The largest absolute Gasteiger partial charge is 0.323 e. The van der Waals surface area contributed by atoms with E-state index in [4.69, 9.17) is 5.73 Å². The van der Waals surface area contributed by atoms with Crippen molar-refractivity contribution >= 4 is 11.3 Å². The summed E-state index contributed by atoms with van der Waals surface area (Å²) in [6, 6.07) is 2.53. The molecule has 2 rings (SSSR count). The van der Waals surface area contributed by atoms with Crippen LogP contribution in [-0.2, 0) is 12.8 Å². The minimum atomic E-state index is 0.179. The van der Waals surface area contributed by atoms with Crippen LogP contribution >= 0.6 is 11.3 Å². The number of fused-ring (bicyclic) bond motifs is 1. The van der Waals surface area contributed by atoms with E-state index in [9.17, 15) is 0 Å². The van der Waals surface area contributed by atoms with Gasteiger partial charge in [-0.25, -0.2) is 0 Å². The maximum atomic E-state index is 6.24. The van der Waals surface area contributed by atoms with Crippen molar-refractivity contribution in [2.45, 2.75) is 46.1 Å². The van der Waals surface area contributed by atoms with Crippen LogP contribution in [0.4, 0.5) is 0 Å². The summed E-state index contributed by atoms with van der Waals surface area (Å²) in [4.78, 5) is 2.96. The van der Waals surface area contributed by atoms with Crippen molar-refractivity contribution in [1.82, 2.24) is 0 Å². The Morgan fingerprint density at radius 1 is 1.36 bits per heavy atom. The fourth-order valence-corrected chi connectivity index (χ4v) is 3.44. The Morgan fingerprint density at radius 2 is 2.07 bits per heavy atom. The standard InChI is InChI=1S/C12H19NS/c1-12(2,3)11(13)10-7-8-5-4-6-9(8)14-10/h7,11H,4-6,13H2,1-3H3. The molecular weight excluding hydrogens is 190 g/mol. The monoisotopic (exact) mass is 209 g/mol. The fraction of sp³-hybridized carbons (Fsp3) is 0.667. The molecule has 1 aromatic heterocycles. The molecule has 1 aliphatic carbocycles. The first-order chi connectivity index (χ1) is 6.48. The zero-order chi connectivity index (χ0) is 10.3. The molecule has 0 spiro atoms. The second-order valence-electron chi connectivity index (χ2n) is 5.29. The number of nitrogens with two attached hydrogens (primary N) is 1. The van der Waals surface area contributed by atoms with Crippen molar-refractivity contribution < 1.29 is 0 Å². The molecule has 1 nitrogen and oxygen atoms in total. The summed E-state index contributed by atoms with van der Waals surface area (Å²) in [5.41, 5.74) is 7.98. The van der Waals surface area contributed by atoms with E-state index in [-0.39, 0.29) is 11.5 Å². The smallest absolute Gasteiger partial charge is 0.0439 e. The molecule has 1 aliphatic rings. The number of thiophene rings is 1. The summed E-state index contributed by atoms with van der Waals surface area (Å²) in [6.07, 6.45) is 3.88. The zero-order valence-electron chi connectivity index (χ0n) is 9.26. The summed E-state index contributed by atoms with van der Waals surface area (Å²) < 4.78 is 0. The highest BCUT2D eigenvalue weighted by Gasteiger charge is 2.26. The third-order valence-corrected chi connectivity index (χ3v) is 4.33. The molecule has 78 valence electrons. The number of rotatable bonds is 1. The highest BCUT2D eigenvalue weighted by atomic mass is 32.1. The number of hydrogen-bond donors (Lipinski definition) is 1. The van der Waals surface area contributed by atoms with Gasteiger partial charge in [0, 0.05) is 15.8 Å². The van der Waals surface area contributed by atoms with E-state index >= 15 is 0 Å². The van der Waals surface area contributed by atoms with Crippen LogP contribution in [-0.4, -0.2) is 0 Å². The third-order valence-electron chi connectivity index (χ3n) is 3.01. The van der Waals surface area contributed by atoms with Crippen molar-refractivity contribution in [3.8, 4) is 0 Å². The van der Waals surface area contributed by atoms with E-state index in [1.165, 1.54) is 24.1 Å². The molecule has 0 saturated carbocycles. The second-order valence-corrected chi connectivity index (χ2v) is 6.46. The minimum absolute atomic E-state index is 0.179. The second kappa shape index (κ2) is 3.35. The summed E-state index contributed by atoms with van der Waals surface area (Å²) >= 11 is 1.93. The third kappa shape index (κ3) is 1.73. The van der Waals surface area contributed by atoms with Crippen LogP contribution in [0.25, 0.3) is 0 Å².